The van der Waals surface area contributed by atoms with Gasteiger partial charge in [-0.15, -0.1) is 0 Å². The minimum absolute atomic E-state index is 0.395. The first-order valence-electron chi connectivity index (χ1n) is 6.90. The second kappa shape index (κ2) is 9.42. The van der Waals surface area contributed by atoms with Crippen LogP contribution in [0.4, 0.5) is 0 Å². The van der Waals surface area contributed by atoms with Crippen LogP contribution in [0.25, 0.3) is 6.08 Å². The molecule has 21 heavy (non-hydrogen) atoms. The zero-order chi connectivity index (χ0) is 15.7. The fourth-order valence-electron chi connectivity index (χ4n) is 1.59. The average molecular weight is 313 g/mol. The molecule has 0 unspecified atom stereocenters. The molecule has 0 aromatic heterocycles. The molecule has 1 aromatic carbocycles. The molecule has 1 rings (SSSR count). The first kappa shape index (κ1) is 17.5. The highest BCUT2D eigenvalue weighted by Gasteiger charge is 2.06. The predicted octanol–water partition coefficient (Wildman–Crippen LogP) is 3.88. The largest absolute Gasteiger partial charge is 0.491 e. The molecule has 116 valence electrons. The van der Waals surface area contributed by atoms with Crippen LogP contribution in [-0.4, -0.2) is 30.9 Å². The van der Waals surface area contributed by atoms with Gasteiger partial charge in [-0.2, -0.15) is 0 Å². The molecular formula is C16H21ClO4. The summed E-state index contributed by atoms with van der Waals surface area (Å²) in [4.78, 5) is 10.6. The lowest BCUT2D eigenvalue weighted by Gasteiger charge is -2.11. The zero-order valence-electron chi connectivity index (χ0n) is 12.3. The third-order valence-electron chi connectivity index (χ3n) is 2.73. The minimum atomic E-state index is -1.03. The summed E-state index contributed by atoms with van der Waals surface area (Å²) < 4.78 is 11.1. The number of carbonyl (C=O) groups is 1. The van der Waals surface area contributed by atoms with E-state index in [4.69, 9.17) is 26.2 Å². The van der Waals surface area contributed by atoms with Crippen molar-refractivity contribution in [3.63, 3.8) is 0 Å². The van der Waals surface area contributed by atoms with Crippen LogP contribution in [0.15, 0.2) is 24.3 Å². The van der Waals surface area contributed by atoms with E-state index in [9.17, 15) is 4.79 Å². The standard InChI is InChI=1S/C16H21ClO4/c1-12(2)8-9-20-10-11-21-15-5-3-4-14(17)13(15)6-7-16(18)19/h3-7,12H,8-11H2,1-2H3,(H,18,19)/b7-6+. The van der Waals surface area contributed by atoms with Crippen LogP contribution in [-0.2, 0) is 9.53 Å². The maximum atomic E-state index is 10.6. The average Bonchev–Trinajstić information content (AvgIpc) is 2.41. The fourth-order valence-corrected chi connectivity index (χ4v) is 1.82. The lowest BCUT2D eigenvalue weighted by Crippen LogP contribution is -2.09. The molecule has 0 fully saturated rings. The van der Waals surface area contributed by atoms with Gasteiger partial charge in [0.2, 0.25) is 0 Å². The van der Waals surface area contributed by atoms with Gasteiger partial charge in [-0.25, -0.2) is 4.79 Å². The molecule has 0 amide bonds. The Balaban J connectivity index is 2.51. The molecule has 0 bridgehead atoms. The zero-order valence-corrected chi connectivity index (χ0v) is 13.1. The second-order valence-corrected chi connectivity index (χ2v) is 5.37. The molecule has 0 saturated carbocycles. The Morgan fingerprint density at radius 1 is 1.33 bits per heavy atom. The number of hydrogen-bond acceptors (Lipinski definition) is 3. The van der Waals surface area contributed by atoms with Crippen LogP contribution in [0.3, 0.4) is 0 Å². The van der Waals surface area contributed by atoms with Gasteiger partial charge in [0.1, 0.15) is 12.4 Å². The van der Waals surface area contributed by atoms with Crippen molar-refractivity contribution in [2.24, 2.45) is 5.92 Å². The van der Waals surface area contributed by atoms with Crippen LogP contribution in [0.2, 0.25) is 5.02 Å². The van der Waals surface area contributed by atoms with E-state index in [-0.39, 0.29) is 0 Å². The molecule has 0 spiro atoms. The summed E-state index contributed by atoms with van der Waals surface area (Å²) in [6.45, 7) is 5.88. The molecule has 4 nitrogen and oxygen atoms in total. The van der Waals surface area contributed by atoms with Crippen LogP contribution in [0, 0.1) is 5.92 Å². The van der Waals surface area contributed by atoms with Crippen LogP contribution in [0.5, 0.6) is 5.75 Å². The van der Waals surface area contributed by atoms with Crippen LogP contribution < -0.4 is 4.74 Å². The van der Waals surface area contributed by atoms with Crippen molar-refractivity contribution in [1.82, 2.24) is 0 Å². The third-order valence-corrected chi connectivity index (χ3v) is 3.06. The van der Waals surface area contributed by atoms with E-state index in [2.05, 4.69) is 13.8 Å². The summed E-state index contributed by atoms with van der Waals surface area (Å²) in [5.74, 6) is 0.136. The van der Waals surface area contributed by atoms with Crippen molar-refractivity contribution in [3.05, 3.63) is 34.9 Å². The molecular weight excluding hydrogens is 292 g/mol. The quantitative estimate of drug-likeness (QED) is 0.555. The number of hydrogen-bond donors (Lipinski definition) is 1. The van der Waals surface area contributed by atoms with E-state index >= 15 is 0 Å². The van der Waals surface area contributed by atoms with Crippen molar-refractivity contribution >= 4 is 23.6 Å². The van der Waals surface area contributed by atoms with Gasteiger partial charge in [-0.1, -0.05) is 31.5 Å². The van der Waals surface area contributed by atoms with Gasteiger partial charge in [0.25, 0.3) is 0 Å². The Kier molecular flexibility index (Phi) is 7.87. The van der Waals surface area contributed by atoms with E-state index in [1.807, 2.05) is 0 Å². The highest BCUT2D eigenvalue weighted by atomic mass is 35.5. The van der Waals surface area contributed by atoms with Gasteiger partial charge in [0, 0.05) is 18.2 Å². The summed E-state index contributed by atoms with van der Waals surface area (Å²) in [6.07, 6.45) is 3.48. The number of carboxylic acids is 1. The number of halogens is 1. The van der Waals surface area contributed by atoms with E-state index in [0.717, 1.165) is 12.5 Å². The second-order valence-electron chi connectivity index (χ2n) is 4.97. The van der Waals surface area contributed by atoms with E-state index in [1.165, 1.54) is 6.08 Å². The van der Waals surface area contributed by atoms with E-state index in [0.29, 0.717) is 42.1 Å². The first-order chi connectivity index (χ1) is 10.0. The number of aliphatic carboxylic acids is 1. The molecule has 1 N–H and O–H groups in total. The third kappa shape index (κ3) is 7.16. The van der Waals surface area contributed by atoms with E-state index < -0.39 is 5.97 Å². The maximum absolute atomic E-state index is 10.6. The van der Waals surface area contributed by atoms with Crippen LogP contribution >= 0.6 is 11.6 Å². The lowest BCUT2D eigenvalue weighted by atomic mass is 10.1. The summed E-state index contributed by atoms with van der Waals surface area (Å²) in [6, 6.07) is 5.20. The Morgan fingerprint density at radius 2 is 2.10 bits per heavy atom. The molecule has 0 atom stereocenters. The Bertz CT molecular complexity index is 483. The molecule has 1 aromatic rings. The Labute approximate surface area is 130 Å². The maximum Gasteiger partial charge on any atom is 0.328 e. The van der Waals surface area contributed by atoms with Gasteiger partial charge >= 0.3 is 5.97 Å². The van der Waals surface area contributed by atoms with Gasteiger partial charge in [-0.05, 0) is 30.5 Å². The van der Waals surface area contributed by atoms with Crippen molar-refractivity contribution in [1.29, 1.82) is 0 Å². The predicted molar refractivity (Wildman–Crippen MR) is 83.9 cm³/mol. The lowest BCUT2D eigenvalue weighted by molar-refractivity contribution is -0.131. The highest BCUT2D eigenvalue weighted by Crippen LogP contribution is 2.27. The highest BCUT2D eigenvalue weighted by molar-refractivity contribution is 6.32. The summed E-state index contributed by atoms with van der Waals surface area (Å²) >= 11 is 6.05. The van der Waals surface area contributed by atoms with Gasteiger partial charge < -0.3 is 14.6 Å². The number of rotatable bonds is 9. The van der Waals surface area contributed by atoms with Crippen molar-refractivity contribution in [3.8, 4) is 5.75 Å². The first-order valence-corrected chi connectivity index (χ1v) is 7.28. The summed E-state index contributed by atoms with van der Waals surface area (Å²) in [5, 5.41) is 9.13. The minimum Gasteiger partial charge on any atom is -0.491 e. The monoisotopic (exact) mass is 312 g/mol. The van der Waals surface area contributed by atoms with Crippen molar-refractivity contribution in [2.75, 3.05) is 19.8 Å². The molecule has 0 radical (unpaired) electrons. The molecule has 5 heteroatoms. The summed E-state index contributed by atoms with van der Waals surface area (Å²) in [7, 11) is 0. The Hall–Kier alpha value is -1.52. The molecule has 0 saturated heterocycles. The number of ether oxygens (including phenoxy) is 2. The fraction of sp³-hybridized carbons (Fsp3) is 0.438. The normalized spacial score (nSPS) is 11.2. The number of benzene rings is 1. The van der Waals surface area contributed by atoms with Crippen LogP contribution in [0.1, 0.15) is 25.8 Å². The molecule has 0 aliphatic carbocycles. The topological polar surface area (TPSA) is 55.8 Å². The van der Waals surface area contributed by atoms with Gasteiger partial charge in [0.15, 0.2) is 0 Å². The molecule has 0 heterocycles. The summed E-state index contributed by atoms with van der Waals surface area (Å²) in [5.41, 5.74) is 0.559. The van der Waals surface area contributed by atoms with Gasteiger partial charge in [0.05, 0.1) is 11.6 Å². The van der Waals surface area contributed by atoms with Crippen molar-refractivity contribution in [2.45, 2.75) is 20.3 Å². The van der Waals surface area contributed by atoms with Gasteiger partial charge in [-0.3, -0.25) is 0 Å². The van der Waals surface area contributed by atoms with Crippen molar-refractivity contribution < 1.29 is 19.4 Å². The van der Waals surface area contributed by atoms with E-state index in [1.54, 1.807) is 18.2 Å². The number of carboxylic acid groups (broad SMARTS) is 1. The SMILES string of the molecule is CC(C)CCOCCOc1cccc(Cl)c1/C=C/C(=O)O. The molecule has 0 aliphatic heterocycles. The smallest absolute Gasteiger partial charge is 0.328 e. The Morgan fingerprint density at radius 3 is 2.76 bits per heavy atom. The molecule has 0 aliphatic rings.